The number of hydrogen-bond acceptors (Lipinski definition) is 18. The lowest BCUT2D eigenvalue weighted by Gasteiger charge is -2.48. The first-order valence-corrected chi connectivity index (χ1v) is 26.0. The third kappa shape index (κ3) is 22.1. The number of aliphatic hydroxyl groups excluding tert-OH is 11. The molecule has 0 radical (unpaired) electrons. The molecular formula is C52H89NO18. The van der Waals surface area contributed by atoms with Gasteiger partial charge in [0, 0.05) is 6.42 Å². The molecule has 0 aromatic heterocycles. The highest BCUT2D eigenvalue weighted by Gasteiger charge is 2.53. The third-order valence-corrected chi connectivity index (χ3v) is 12.8. The quantitative estimate of drug-likeness (QED) is 0.0320. The van der Waals surface area contributed by atoms with Crippen molar-refractivity contribution in [3.63, 3.8) is 0 Å². The van der Waals surface area contributed by atoms with Gasteiger partial charge in [0.15, 0.2) is 18.9 Å². The van der Waals surface area contributed by atoms with Crippen molar-refractivity contribution in [3.05, 3.63) is 60.8 Å². The summed E-state index contributed by atoms with van der Waals surface area (Å²) in [5.41, 5.74) is 0. The Balaban J connectivity index is 1.51. The lowest BCUT2D eigenvalue weighted by molar-refractivity contribution is -0.379. The lowest BCUT2D eigenvalue weighted by Crippen LogP contribution is -2.66. The van der Waals surface area contributed by atoms with Gasteiger partial charge in [-0.25, -0.2) is 0 Å². The molecule has 3 aliphatic rings. The lowest BCUT2D eigenvalue weighted by atomic mass is 9.96. The van der Waals surface area contributed by atoms with E-state index in [1.54, 1.807) is 6.08 Å². The summed E-state index contributed by atoms with van der Waals surface area (Å²) in [6, 6.07) is -0.979. The van der Waals surface area contributed by atoms with Crippen LogP contribution in [0.3, 0.4) is 0 Å². The molecule has 12 N–H and O–H groups in total. The van der Waals surface area contributed by atoms with Crippen LogP contribution >= 0.6 is 0 Å². The highest BCUT2D eigenvalue weighted by molar-refractivity contribution is 5.76. The van der Waals surface area contributed by atoms with Crippen LogP contribution in [0.5, 0.6) is 0 Å². The van der Waals surface area contributed by atoms with Gasteiger partial charge < -0.3 is 89.9 Å². The van der Waals surface area contributed by atoms with Crippen LogP contribution in [0.4, 0.5) is 0 Å². The molecule has 17 unspecified atom stereocenters. The van der Waals surface area contributed by atoms with Gasteiger partial charge in [0.05, 0.1) is 38.6 Å². The Kier molecular flexibility index (Phi) is 32.2. The summed E-state index contributed by atoms with van der Waals surface area (Å²) < 4.78 is 34.0. The van der Waals surface area contributed by atoms with Crippen molar-refractivity contribution in [1.82, 2.24) is 5.32 Å². The minimum atomic E-state index is -1.98. The second-order valence-corrected chi connectivity index (χ2v) is 18.6. The van der Waals surface area contributed by atoms with Crippen molar-refractivity contribution < 1.29 is 89.4 Å². The van der Waals surface area contributed by atoms with E-state index in [0.717, 1.165) is 103 Å². The van der Waals surface area contributed by atoms with Crippen LogP contribution in [0, 0.1) is 0 Å². The third-order valence-electron chi connectivity index (χ3n) is 12.8. The highest BCUT2D eigenvalue weighted by atomic mass is 16.8. The fraction of sp³-hybridized carbons (Fsp3) is 0.788. The van der Waals surface area contributed by atoms with Crippen molar-refractivity contribution >= 4 is 5.91 Å². The predicted molar refractivity (Wildman–Crippen MR) is 263 cm³/mol. The second kappa shape index (κ2) is 36.4. The van der Waals surface area contributed by atoms with Crippen LogP contribution in [0.1, 0.15) is 129 Å². The van der Waals surface area contributed by atoms with Gasteiger partial charge in [-0.3, -0.25) is 4.79 Å². The summed E-state index contributed by atoms with van der Waals surface area (Å²) in [5, 5.41) is 119. The molecule has 17 atom stereocenters. The van der Waals surface area contributed by atoms with Crippen LogP contribution < -0.4 is 5.32 Å². The molecule has 3 fully saturated rings. The minimum Gasteiger partial charge on any atom is -0.394 e. The average molecular weight is 1020 g/mol. The topological polar surface area (TPSA) is 307 Å². The first kappa shape index (κ1) is 62.8. The maximum absolute atomic E-state index is 13.2. The van der Waals surface area contributed by atoms with Crippen LogP contribution in [0.2, 0.25) is 0 Å². The standard InChI is InChI=1S/C52H89NO18/c1-3-5-7-9-11-12-13-14-15-16-17-18-19-20-21-22-24-26-28-30-40(58)53-35(36(57)29-27-25-23-10-8-6-4-2)34-66-50-46(64)43(61)48(38(32-55)68-50)71-52-47(65)44(62)49(39(33-56)69-52)70-51-45(63)42(60)41(59)37(31-54)67-51/h5,7,11-12,14-15,17-18,27,29,35-39,41-52,54-57,59-65H,3-4,6,8-10,13,16,19-26,28,30-34H2,1-2H3,(H,53,58)/b7-5-,12-11-,15-14-,18-17-,29-27+. The SMILES string of the molecule is CC/C=C\C/C=C\C/C=C\C/C=C\CCCCCCCCC(=O)NC(COC1OC(CO)C(OC2OC(CO)C(OC3OC(CO)C(O)C(O)C3O)C(O)C2O)C(O)C1O)C(O)/C=C/CCCCCCC. The number of allylic oxidation sites excluding steroid dienone is 9. The minimum absolute atomic E-state index is 0.223. The molecule has 19 nitrogen and oxygen atoms in total. The summed E-state index contributed by atoms with van der Waals surface area (Å²) in [6.07, 6.45) is 11.1. The maximum Gasteiger partial charge on any atom is 0.220 e. The largest absolute Gasteiger partial charge is 0.394 e. The molecule has 3 heterocycles. The number of unbranched alkanes of at least 4 members (excludes halogenated alkanes) is 11. The van der Waals surface area contributed by atoms with Crippen LogP contribution in [-0.2, 0) is 33.2 Å². The molecule has 19 heteroatoms. The smallest absolute Gasteiger partial charge is 0.220 e. The second-order valence-electron chi connectivity index (χ2n) is 18.6. The fourth-order valence-corrected chi connectivity index (χ4v) is 8.47. The van der Waals surface area contributed by atoms with Crippen LogP contribution in [-0.4, -0.2) is 193 Å². The van der Waals surface area contributed by atoms with Crippen molar-refractivity contribution in [1.29, 1.82) is 0 Å². The summed E-state index contributed by atoms with van der Waals surface area (Å²) in [6.45, 7) is 1.48. The number of carbonyl (C=O) groups is 1. The Labute approximate surface area is 420 Å². The summed E-state index contributed by atoms with van der Waals surface area (Å²) in [7, 11) is 0. The summed E-state index contributed by atoms with van der Waals surface area (Å²) >= 11 is 0. The molecule has 71 heavy (non-hydrogen) atoms. The number of hydrogen-bond donors (Lipinski definition) is 12. The van der Waals surface area contributed by atoms with Gasteiger partial charge in [-0.15, -0.1) is 0 Å². The van der Waals surface area contributed by atoms with Crippen molar-refractivity contribution in [2.45, 2.75) is 234 Å². The zero-order valence-corrected chi connectivity index (χ0v) is 41.9. The van der Waals surface area contributed by atoms with E-state index >= 15 is 0 Å². The molecule has 3 saturated heterocycles. The van der Waals surface area contributed by atoms with E-state index in [9.17, 15) is 61.0 Å². The number of rotatable bonds is 35. The van der Waals surface area contributed by atoms with Gasteiger partial charge in [0.25, 0.3) is 0 Å². The molecule has 3 rings (SSSR count). The summed E-state index contributed by atoms with van der Waals surface area (Å²) in [5.74, 6) is -0.299. The predicted octanol–water partition coefficient (Wildman–Crippen LogP) is 2.14. The zero-order valence-electron chi connectivity index (χ0n) is 41.9. The number of carbonyl (C=O) groups excluding carboxylic acids is 1. The Morgan fingerprint density at radius 3 is 1.52 bits per heavy atom. The fourth-order valence-electron chi connectivity index (χ4n) is 8.47. The summed E-state index contributed by atoms with van der Waals surface area (Å²) in [4.78, 5) is 13.2. The first-order valence-electron chi connectivity index (χ1n) is 26.0. The molecule has 1 amide bonds. The maximum atomic E-state index is 13.2. The Morgan fingerprint density at radius 1 is 0.521 bits per heavy atom. The number of aliphatic hydroxyl groups is 11. The normalized spacial score (nSPS) is 32.8. The van der Waals surface area contributed by atoms with E-state index in [1.165, 1.54) is 0 Å². The van der Waals surface area contributed by atoms with Crippen LogP contribution in [0.15, 0.2) is 60.8 Å². The van der Waals surface area contributed by atoms with Gasteiger partial charge in [-0.2, -0.15) is 0 Å². The molecule has 3 aliphatic heterocycles. The van der Waals surface area contributed by atoms with Gasteiger partial charge in [0.2, 0.25) is 5.91 Å². The monoisotopic (exact) mass is 1020 g/mol. The number of amides is 1. The van der Waals surface area contributed by atoms with Gasteiger partial charge >= 0.3 is 0 Å². The molecular weight excluding hydrogens is 927 g/mol. The molecule has 0 aromatic carbocycles. The highest BCUT2D eigenvalue weighted by Crippen LogP contribution is 2.33. The van der Waals surface area contributed by atoms with E-state index in [1.807, 2.05) is 6.08 Å². The van der Waals surface area contributed by atoms with E-state index < -0.39 is 124 Å². The molecule has 0 spiro atoms. The van der Waals surface area contributed by atoms with Gasteiger partial charge in [0.1, 0.15) is 73.2 Å². The van der Waals surface area contributed by atoms with Crippen molar-refractivity contribution in [2.24, 2.45) is 0 Å². The molecule has 0 bridgehead atoms. The van der Waals surface area contributed by atoms with Crippen molar-refractivity contribution in [2.75, 3.05) is 26.4 Å². The Hall–Kier alpha value is -2.51. The number of nitrogens with one attached hydrogen (secondary N) is 1. The van der Waals surface area contributed by atoms with Gasteiger partial charge in [-0.1, -0.05) is 126 Å². The average Bonchev–Trinajstić information content (AvgIpc) is 3.36. The van der Waals surface area contributed by atoms with Crippen LogP contribution in [0.25, 0.3) is 0 Å². The van der Waals surface area contributed by atoms with E-state index in [2.05, 4.69) is 67.8 Å². The van der Waals surface area contributed by atoms with E-state index in [4.69, 9.17) is 28.4 Å². The molecule has 0 aliphatic carbocycles. The first-order chi connectivity index (χ1) is 34.3. The Bertz CT molecular complexity index is 1540. The number of ether oxygens (including phenoxy) is 6. The molecule has 0 aromatic rings. The Morgan fingerprint density at radius 2 is 0.972 bits per heavy atom. The molecule has 0 saturated carbocycles. The van der Waals surface area contributed by atoms with E-state index in [0.29, 0.717) is 6.42 Å². The van der Waals surface area contributed by atoms with Crippen molar-refractivity contribution in [3.8, 4) is 0 Å². The van der Waals surface area contributed by atoms with Gasteiger partial charge in [-0.05, 0) is 57.8 Å². The zero-order chi connectivity index (χ0) is 52.0. The van der Waals surface area contributed by atoms with E-state index in [-0.39, 0.29) is 18.9 Å². The molecule has 410 valence electrons.